The molecule has 1 aliphatic heterocycles. The second-order valence-electron chi connectivity index (χ2n) is 7.14. The van der Waals surface area contributed by atoms with Crippen molar-refractivity contribution in [1.29, 1.82) is 0 Å². The molecule has 0 spiro atoms. The van der Waals surface area contributed by atoms with Crippen molar-refractivity contribution >= 4 is 22.9 Å². The molecule has 142 valence electrons. The zero-order valence-corrected chi connectivity index (χ0v) is 15.6. The monoisotopic (exact) mass is 382 g/mol. The number of carbonyl (C=O) groups excluding carboxylic acids is 2. The quantitative estimate of drug-likeness (QED) is 0.383. The molecule has 1 unspecified atom stereocenters. The average molecular weight is 382 g/mol. The Balaban J connectivity index is 1.48. The first-order chi connectivity index (χ1) is 14.2. The summed E-state index contributed by atoms with van der Waals surface area (Å²) in [7, 11) is 0. The van der Waals surface area contributed by atoms with E-state index < -0.39 is 5.97 Å². The Hall–Kier alpha value is -3.73. The first-order valence-corrected chi connectivity index (χ1v) is 9.56. The van der Waals surface area contributed by atoms with Crippen molar-refractivity contribution in [2.45, 2.75) is 18.8 Å². The summed E-state index contributed by atoms with van der Waals surface area (Å²) in [5.74, 6) is 0.744. The Kier molecular flexibility index (Phi) is 4.21. The molecule has 1 aliphatic rings. The number of carbonyl (C=O) groups is 2. The first kappa shape index (κ1) is 17.4. The Morgan fingerprint density at radius 2 is 1.62 bits per heavy atom. The van der Waals surface area contributed by atoms with Crippen LogP contribution in [0.1, 0.15) is 38.9 Å². The van der Waals surface area contributed by atoms with Crippen LogP contribution in [-0.4, -0.2) is 21.4 Å². The molecule has 0 saturated heterocycles. The molecule has 0 N–H and O–H groups in total. The van der Waals surface area contributed by atoms with E-state index in [9.17, 15) is 9.59 Å². The van der Waals surface area contributed by atoms with Gasteiger partial charge in [-0.1, -0.05) is 48.5 Å². The molecular formula is C24H18N2O3. The van der Waals surface area contributed by atoms with Gasteiger partial charge in [0.1, 0.15) is 11.6 Å². The molecule has 2 heterocycles. The zero-order chi connectivity index (χ0) is 19.8. The largest absolute Gasteiger partial charge is 0.423 e. The van der Waals surface area contributed by atoms with Crippen molar-refractivity contribution in [3.63, 3.8) is 0 Å². The number of nitrogens with zero attached hydrogens (tertiary/aromatic N) is 2. The lowest BCUT2D eigenvalue weighted by molar-refractivity contribution is 0.0732. The van der Waals surface area contributed by atoms with Gasteiger partial charge in [-0.25, -0.2) is 9.78 Å². The van der Waals surface area contributed by atoms with Gasteiger partial charge in [-0.3, -0.25) is 9.36 Å². The van der Waals surface area contributed by atoms with Gasteiger partial charge in [-0.05, 0) is 35.9 Å². The average Bonchev–Trinajstić information content (AvgIpc) is 3.13. The molecule has 0 fully saturated rings. The summed E-state index contributed by atoms with van der Waals surface area (Å²) < 4.78 is 7.40. The van der Waals surface area contributed by atoms with Gasteiger partial charge < -0.3 is 4.74 Å². The third-order valence-electron chi connectivity index (χ3n) is 5.30. The Bertz CT molecular complexity index is 1230. The normalized spacial score (nSPS) is 15.9. The van der Waals surface area contributed by atoms with E-state index >= 15 is 0 Å². The lowest BCUT2D eigenvalue weighted by atomic mass is 9.89. The van der Waals surface area contributed by atoms with Gasteiger partial charge in [0, 0.05) is 18.8 Å². The van der Waals surface area contributed by atoms with Crippen molar-refractivity contribution in [2.75, 3.05) is 0 Å². The standard InChI is InChI=1S/C24H18N2O3/c27-23-15-17(14-22-25-19-11-5-6-12-20(19)26(22)23)18-10-4-7-13-21(18)29-24(28)16-8-2-1-3-9-16/h1-13,17H,14-15H2. The number of ether oxygens (including phenoxy) is 1. The number of benzene rings is 3. The van der Waals surface area contributed by atoms with Gasteiger partial charge >= 0.3 is 5.97 Å². The highest BCUT2D eigenvalue weighted by Crippen LogP contribution is 2.36. The highest BCUT2D eigenvalue weighted by molar-refractivity contribution is 5.93. The van der Waals surface area contributed by atoms with Crippen molar-refractivity contribution in [1.82, 2.24) is 9.55 Å². The summed E-state index contributed by atoms with van der Waals surface area (Å²) in [6.45, 7) is 0. The minimum Gasteiger partial charge on any atom is -0.423 e. The predicted molar refractivity (Wildman–Crippen MR) is 109 cm³/mol. The number of esters is 1. The van der Waals surface area contributed by atoms with Crippen LogP contribution in [0.25, 0.3) is 11.0 Å². The third-order valence-corrected chi connectivity index (χ3v) is 5.30. The fourth-order valence-electron chi connectivity index (χ4n) is 3.95. The van der Waals surface area contributed by atoms with Gasteiger partial charge in [-0.15, -0.1) is 0 Å². The van der Waals surface area contributed by atoms with Crippen LogP contribution in [0.5, 0.6) is 5.75 Å². The van der Waals surface area contributed by atoms with E-state index in [0.717, 1.165) is 22.4 Å². The molecule has 0 amide bonds. The van der Waals surface area contributed by atoms with Crippen LogP contribution in [-0.2, 0) is 6.42 Å². The highest BCUT2D eigenvalue weighted by atomic mass is 16.5. The fourth-order valence-corrected chi connectivity index (χ4v) is 3.95. The fraction of sp³-hybridized carbons (Fsp3) is 0.125. The third kappa shape index (κ3) is 3.10. The topological polar surface area (TPSA) is 61.2 Å². The number of rotatable bonds is 3. The zero-order valence-electron chi connectivity index (χ0n) is 15.6. The molecule has 0 radical (unpaired) electrons. The molecule has 5 rings (SSSR count). The van der Waals surface area contributed by atoms with Crippen LogP contribution in [0.15, 0.2) is 78.9 Å². The SMILES string of the molecule is O=C(Oc1ccccc1C1CC(=O)n2c(nc3ccccc32)C1)c1ccccc1. The van der Waals surface area contributed by atoms with Crippen LogP contribution in [0.3, 0.4) is 0 Å². The number of aromatic nitrogens is 2. The van der Waals surface area contributed by atoms with Gasteiger partial charge in [0.05, 0.1) is 16.6 Å². The number of fused-ring (bicyclic) bond motifs is 3. The molecule has 5 heteroatoms. The van der Waals surface area contributed by atoms with E-state index in [2.05, 4.69) is 4.98 Å². The minimum atomic E-state index is -0.410. The second-order valence-corrected chi connectivity index (χ2v) is 7.14. The first-order valence-electron chi connectivity index (χ1n) is 9.56. The van der Waals surface area contributed by atoms with Gasteiger partial charge in [0.2, 0.25) is 5.91 Å². The maximum absolute atomic E-state index is 12.9. The molecule has 1 atom stereocenters. The van der Waals surface area contributed by atoms with Crippen LogP contribution in [0.2, 0.25) is 0 Å². The Labute approximate surface area is 167 Å². The van der Waals surface area contributed by atoms with Crippen LogP contribution in [0.4, 0.5) is 0 Å². The van der Waals surface area contributed by atoms with Crippen molar-refractivity contribution < 1.29 is 14.3 Å². The lowest BCUT2D eigenvalue weighted by Gasteiger charge is -2.24. The summed E-state index contributed by atoms with van der Waals surface area (Å²) in [6.07, 6.45) is 0.952. The second kappa shape index (κ2) is 7.02. The highest BCUT2D eigenvalue weighted by Gasteiger charge is 2.30. The van der Waals surface area contributed by atoms with Crippen LogP contribution >= 0.6 is 0 Å². The number of para-hydroxylation sites is 3. The molecule has 5 nitrogen and oxygen atoms in total. The number of imidazole rings is 1. The molecule has 0 aliphatic carbocycles. The smallest absolute Gasteiger partial charge is 0.343 e. The van der Waals surface area contributed by atoms with E-state index in [0.29, 0.717) is 24.2 Å². The van der Waals surface area contributed by atoms with Crippen molar-refractivity contribution in [3.8, 4) is 5.75 Å². The molecule has 29 heavy (non-hydrogen) atoms. The van der Waals surface area contributed by atoms with Gasteiger partial charge in [-0.2, -0.15) is 0 Å². The Morgan fingerprint density at radius 1 is 0.897 bits per heavy atom. The summed E-state index contributed by atoms with van der Waals surface area (Å²) >= 11 is 0. The lowest BCUT2D eigenvalue weighted by Crippen LogP contribution is -2.25. The summed E-state index contributed by atoms with van der Waals surface area (Å²) in [4.78, 5) is 30.1. The summed E-state index contributed by atoms with van der Waals surface area (Å²) in [5, 5.41) is 0. The maximum Gasteiger partial charge on any atom is 0.343 e. The maximum atomic E-state index is 12.9. The van der Waals surface area contributed by atoms with E-state index in [1.807, 2.05) is 48.5 Å². The minimum absolute atomic E-state index is 0.00846. The molecule has 4 aromatic rings. The molecule has 0 bridgehead atoms. The molecule has 1 aromatic heterocycles. The predicted octanol–water partition coefficient (Wildman–Crippen LogP) is 4.63. The van der Waals surface area contributed by atoms with E-state index in [1.165, 1.54) is 0 Å². The van der Waals surface area contributed by atoms with E-state index in [1.54, 1.807) is 34.9 Å². The van der Waals surface area contributed by atoms with Gasteiger partial charge in [0.15, 0.2) is 0 Å². The van der Waals surface area contributed by atoms with Crippen LogP contribution < -0.4 is 4.74 Å². The number of hydrogen-bond acceptors (Lipinski definition) is 4. The van der Waals surface area contributed by atoms with Crippen molar-refractivity contribution in [2.24, 2.45) is 0 Å². The van der Waals surface area contributed by atoms with Crippen LogP contribution in [0, 0.1) is 0 Å². The van der Waals surface area contributed by atoms with Gasteiger partial charge in [0.25, 0.3) is 0 Å². The molecular weight excluding hydrogens is 364 g/mol. The van der Waals surface area contributed by atoms with E-state index in [4.69, 9.17) is 4.74 Å². The number of hydrogen-bond donors (Lipinski definition) is 0. The Morgan fingerprint density at radius 3 is 2.48 bits per heavy atom. The molecule has 3 aromatic carbocycles. The van der Waals surface area contributed by atoms with Crippen molar-refractivity contribution in [3.05, 3.63) is 95.8 Å². The summed E-state index contributed by atoms with van der Waals surface area (Å²) in [6, 6.07) is 24.0. The van der Waals surface area contributed by atoms with E-state index in [-0.39, 0.29) is 11.8 Å². The molecule has 0 saturated carbocycles. The summed E-state index contributed by atoms with van der Waals surface area (Å²) in [5.41, 5.74) is 3.00.